The van der Waals surface area contributed by atoms with Gasteiger partial charge in [0.1, 0.15) is 5.69 Å². The van der Waals surface area contributed by atoms with Crippen LogP contribution >= 0.6 is 11.3 Å². The van der Waals surface area contributed by atoms with Crippen LogP contribution in [-0.2, 0) is 22.3 Å². The van der Waals surface area contributed by atoms with E-state index < -0.39 is 21.6 Å². The Labute approximate surface area is 136 Å². The van der Waals surface area contributed by atoms with Gasteiger partial charge in [0, 0.05) is 28.3 Å². The largest absolute Gasteiger partial charge is 0.433 e. The number of hydrogen-bond donors (Lipinski definition) is 1. The minimum atomic E-state index is -4.49. The molecule has 0 saturated heterocycles. The lowest BCUT2D eigenvalue weighted by molar-refractivity contribution is -0.141. The molecular weight excluding hydrogens is 347 g/mol. The molecular formula is C14H16F3N3OS2. The summed E-state index contributed by atoms with van der Waals surface area (Å²) in [7, 11) is -2.67. The zero-order valence-corrected chi connectivity index (χ0v) is 14.4. The molecule has 0 aliphatic heterocycles. The third kappa shape index (κ3) is 4.23. The molecule has 2 rings (SSSR count). The number of halogens is 3. The summed E-state index contributed by atoms with van der Waals surface area (Å²) < 4.78 is 53.3. The van der Waals surface area contributed by atoms with E-state index >= 15 is 0 Å². The number of nitrogens with zero attached hydrogens (tertiary/aromatic N) is 2. The molecule has 0 amide bonds. The van der Waals surface area contributed by atoms with Gasteiger partial charge in [-0.05, 0) is 19.4 Å². The molecule has 2 heterocycles. The number of aryl methyl sites for hydroxylation is 1. The first-order valence-electron chi connectivity index (χ1n) is 6.72. The van der Waals surface area contributed by atoms with Crippen molar-refractivity contribution in [1.29, 1.82) is 0 Å². The average Bonchev–Trinajstić information content (AvgIpc) is 2.92. The lowest BCUT2D eigenvalue weighted by Crippen LogP contribution is -2.20. The second kappa shape index (κ2) is 6.48. The van der Waals surface area contributed by atoms with Crippen LogP contribution in [0.5, 0.6) is 0 Å². The van der Waals surface area contributed by atoms with Crippen molar-refractivity contribution in [3.05, 3.63) is 40.7 Å². The number of rotatable bonds is 4. The monoisotopic (exact) mass is 363 g/mol. The van der Waals surface area contributed by atoms with Gasteiger partial charge in [0.15, 0.2) is 5.13 Å². The zero-order valence-electron chi connectivity index (χ0n) is 12.8. The van der Waals surface area contributed by atoms with Crippen molar-refractivity contribution in [2.75, 3.05) is 11.0 Å². The second-order valence-corrected chi connectivity index (χ2v) is 8.29. The first-order valence-corrected chi connectivity index (χ1v) is 9.56. The Bertz CT molecular complexity index is 803. The van der Waals surface area contributed by atoms with Gasteiger partial charge < -0.3 is 0 Å². The van der Waals surface area contributed by atoms with E-state index in [0.29, 0.717) is 15.6 Å². The maximum Gasteiger partial charge on any atom is 0.433 e. The highest BCUT2D eigenvalue weighted by Crippen LogP contribution is 2.27. The predicted molar refractivity (Wildman–Crippen MR) is 88.2 cm³/mol. The fourth-order valence-electron chi connectivity index (χ4n) is 1.75. The Kier molecular flexibility index (Phi) is 5.00. The molecule has 1 atom stereocenters. The van der Waals surface area contributed by atoms with E-state index in [-0.39, 0.29) is 0 Å². The molecule has 2 aromatic heterocycles. The number of nitrogens with one attached hydrogen (secondary N) is 1. The first-order chi connectivity index (χ1) is 10.6. The van der Waals surface area contributed by atoms with Crippen LogP contribution in [0, 0.1) is 0 Å². The van der Waals surface area contributed by atoms with Gasteiger partial charge in [0.05, 0.1) is 15.4 Å². The highest BCUT2D eigenvalue weighted by Gasteiger charge is 2.32. The Morgan fingerprint density at radius 3 is 2.57 bits per heavy atom. The highest BCUT2D eigenvalue weighted by atomic mass is 32.2. The maximum absolute atomic E-state index is 12.8. The van der Waals surface area contributed by atoms with E-state index in [1.807, 2.05) is 12.3 Å². The molecule has 9 heteroatoms. The summed E-state index contributed by atoms with van der Waals surface area (Å²) >= 11 is 1.34. The molecule has 0 aromatic carbocycles. The molecule has 0 bridgehead atoms. The van der Waals surface area contributed by atoms with Gasteiger partial charge in [0.25, 0.3) is 0 Å². The van der Waals surface area contributed by atoms with Crippen LogP contribution in [0.3, 0.4) is 0 Å². The fourth-order valence-corrected chi connectivity index (χ4v) is 4.16. The molecule has 0 radical (unpaired) electrons. The van der Waals surface area contributed by atoms with Crippen LogP contribution in [0.25, 0.3) is 0 Å². The van der Waals surface area contributed by atoms with Crippen molar-refractivity contribution in [3.63, 3.8) is 0 Å². The van der Waals surface area contributed by atoms with Crippen molar-refractivity contribution in [2.24, 2.45) is 0 Å². The van der Waals surface area contributed by atoms with E-state index in [4.69, 9.17) is 0 Å². The summed E-state index contributed by atoms with van der Waals surface area (Å²) in [5.74, 6) is 0. The summed E-state index contributed by atoms with van der Waals surface area (Å²) in [5, 5.41) is 2.39. The summed E-state index contributed by atoms with van der Waals surface area (Å²) in [6, 6.07) is 2.16. The first kappa shape index (κ1) is 17.7. The molecule has 126 valence electrons. The van der Waals surface area contributed by atoms with Gasteiger partial charge in [-0.1, -0.05) is 13.0 Å². The summed E-state index contributed by atoms with van der Waals surface area (Å²) in [6.07, 6.45) is -1.14. The smallest absolute Gasteiger partial charge is 0.288 e. The third-order valence-electron chi connectivity index (χ3n) is 3.24. The van der Waals surface area contributed by atoms with Gasteiger partial charge in [-0.25, -0.2) is 9.19 Å². The van der Waals surface area contributed by atoms with Crippen molar-refractivity contribution < 1.29 is 17.4 Å². The van der Waals surface area contributed by atoms with Crippen LogP contribution in [0.2, 0.25) is 0 Å². The quantitative estimate of drug-likeness (QED) is 0.667. The Balaban J connectivity index is 2.32. The van der Waals surface area contributed by atoms with E-state index in [0.717, 1.165) is 24.4 Å². The molecule has 0 aliphatic rings. The fraction of sp³-hybridized carbons (Fsp3) is 0.357. The minimum Gasteiger partial charge on any atom is -0.288 e. The topological polar surface area (TPSA) is 54.9 Å². The molecule has 0 saturated carbocycles. The van der Waals surface area contributed by atoms with E-state index in [1.54, 1.807) is 6.92 Å². The number of alkyl halides is 3. The second-order valence-electron chi connectivity index (χ2n) is 4.93. The van der Waals surface area contributed by atoms with Gasteiger partial charge in [-0.3, -0.25) is 9.71 Å². The molecule has 0 aliphatic carbocycles. The van der Waals surface area contributed by atoms with Crippen LogP contribution < -0.4 is 4.72 Å². The van der Waals surface area contributed by atoms with Crippen molar-refractivity contribution in [2.45, 2.75) is 26.4 Å². The third-order valence-corrected chi connectivity index (χ3v) is 6.16. The number of thiazole rings is 1. The SMILES string of the molecule is CCc1csc(NS(C)(=O)=C(C)c2ccc(C(F)(F)F)nc2)n1. The van der Waals surface area contributed by atoms with E-state index in [2.05, 4.69) is 14.7 Å². The van der Waals surface area contributed by atoms with Gasteiger partial charge in [-0.15, -0.1) is 11.3 Å². The van der Waals surface area contributed by atoms with Crippen LogP contribution in [0.4, 0.5) is 18.3 Å². The average molecular weight is 363 g/mol. The number of pyridine rings is 1. The van der Waals surface area contributed by atoms with Crippen LogP contribution in [0.1, 0.15) is 30.8 Å². The summed E-state index contributed by atoms with van der Waals surface area (Å²) in [4.78, 5) is 8.11. The predicted octanol–water partition coefficient (Wildman–Crippen LogP) is 3.60. The Hall–Kier alpha value is -1.61. The Morgan fingerprint density at radius 2 is 2.09 bits per heavy atom. The number of hydrogen-bond acceptors (Lipinski definition) is 4. The molecule has 0 fully saturated rings. The van der Waals surface area contributed by atoms with Crippen molar-refractivity contribution in [3.8, 4) is 0 Å². The lowest BCUT2D eigenvalue weighted by atomic mass is 10.2. The highest BCUT2D eigenvalue weighted by molar-refractivity contribution is 8.03. The van der Waals surface area contributed by atoms with Crippen molar-refractivity contribution in [1.82, 2.24) is 9.97 Å². The van der Waals surface area contributed by atoms with E-state index in [1.165, 1.54) is 23.7 Å². The van der Waals surface area contributed by atoms with Gasteiger partial charge >= 0.3 is 6.18 Å². The minimum absolute atomic E-state index is 0.394. The molecule has 0 spiro atoms. The molecule has 23 heavy (non-hydrogen) atoms. The molecule has 1 unspecified atom stereocenters. The maximum atomic E-state index is 12.8. The number of anilines is 1. The van der Waals surface area contributed by atoms with E-state index in [9.17, 15) is 17.4 Å². The molecule has 1 N–H and O–H groups in total. The normalized spacial score (nSPS) is 14.3. The van der Waals surface area contributed by atoms with Crippen molar-refractivity contribution >= 4 is 31.0 Å². The number of aromatic nitrogens is 2. The molecule has 2 aromatic rings. The Morgan fingerprint density at radius 1 is 1.39 bits per heavy atom. The van der Waals surface area contributed by atoms with Gasteiger partial charge in [0.2, 0.25) is 0 Å². The summed E-state index contributed by atoms with van der Waals surface area (Å²) in [6.45, 7) is 3.57. The standard InChI is InChI=1S/C14H16F3N3OS2/c1-4-11-8-22-13(19-11)20-23(3,21)9(2)10-5-6-12(18-7-10)14(15,16)17/h5-8H,4H2,1-3H3,(H,19,20,21). The summed E-state index contributed by atoms with van der Waals surface area (Å²) in [5.41, 5.74) is 0.309. The lowest BCUT2D eigenvalue weighted by Gasteiger charge is -2.12. The van der Waals surface area contributed by atoms with Gasteiger partial charge in [-0.2, -0.15) is 13.2 Å². The van der Waals surface area contributed by atoms with Crippen LogP contribution in [-0.4, -0.2) is 25.3 Å². The van der Waals surface area contributed by atoms with Crippen LogP contribution in [0.15, 0.2) is 23.7 Å². The molecule has 4 nitrogen and oxygen atoms in total. The zero-order chi connectivity index (χ0) is 17.3.